The molecule has 1 aromatic carbocycles. The van der Waals surface area contributed by atoms with Crippen LogP contribution in [0.15, 0.2) is 30.3 Å². The van der Waals surface area contributed by atoms with Crippen molar-refractivity contribution >= 4 is 6.03 Å². The number of likely N-dealkylation sites (tertiary alicyclic amines) is 1. The number of piperidine rings is 1. The van der Waals surface area contributed by atoms with E-state index in [-0.39, 0.29) is 12.1 Å². The van der Waals surface area contributed by atoms with Gasteiger partial charge in [0.05, 0.1) is 6.04 Å². The van der Waals surface area contributed by atoms with Gasteiger partial charge in [-0.1, -0.05) is 37.3 Å². The molecule has 0 aromatic heterocycles. The summed E-state index contributed by atoms with van der Waals surface area (Å²) in [5, 5.41) is 3.14. The van der Waals surface area contributed by atoms with Gasteiger partial charge in [0.15, 0.2) is 0 Å². The average Bonchev–Trinajstić information content (AvgIpc) is 2.46. The second-order valence-corrected chi connectivity index (χ2v) is 4.87. The predicted molar refractivity (Wildman–Crippen MR) is 73.4 cm³/mol. The van der Waals surface area contributed by atoms with Gasteiger partial charge in [-0.05, 0) is 31.2 Å². The summed E-state index contributed by atoms with van der Waals surface area (Å²) >= 11 is 0. The normalized spacial score (nSPS) is 17.3. The minimum absolute atomic E-state index is 0.0883. The smallest absolute Gasteiger partial charge is 0.317 e. The lowest BCUT2D eigenvalue weighted by Gasteiger charge is -2.29. The van der Waals surface area contributed by atoms with E-state index >= 15 is 0 Å². The van der Waals surface area contributed by atoms with E-state index in [9.17, 15) is 4.79 Å². The molecule has 1 fully saturated rings. The molecule has 98 valence electrons. The summed E-state index contributed by atoms with van der Waals surface area (Å²) in [7, 11) is 0. The minimum atomic E-state index is 0.0883. The summed E-state index contributed by atoms with van der Waals surface area (Å²) in [5.41, 5.74) is 1.19. The van der Waals surface area contributed by atoms with Crippen LogP contribution < -0.4 is 5.32 Å². The third-order valence-electron chi connectivity index (χ3n) is 3.55. The van der Waals surface area contributed by atoms with Crippen molar-refractivity contribution in [2.45, 2.75) is 38.6 Å². The van der Waals surface area contributed by atoms with E-state index in [0.29, 0.717) is 0 Å². The van der Waals surface area contributed by atoms with Crippen LogP contribution in [0.25, 0.3) is 0 Å². The van der Waals surface area contributed by atoms with Gasteiger partial charge in [-0.25, -0.2) is 4.79 Å². The Morgan fingerprint density at radius 2 is 1.89 bits per heavy atom. The van der Waals surface area contributed by atoms with Gasteiger partial charge in [0, 0.05) is 13.1 Å². The van der Waals surface area contributed by atoms with Crippen LogP contribution in [-0.4, -0.2) is 24.0 Å². The highest BCUT2D eigenvalue weighted by Crippen LogP contribution is 2.17. The molecule has 1 atom stereocenters. The molecule has 1 aliphatic heterocycles. The standard InChI is InChI=1S/C15H22N2O/c1-2-14(13-9-5-3-6-10-13)16-15(18)17-11-7-4-8-12-17/h3,5-6,9-10,14H,2,4,7-8,11-12H2,1H3,(H,16,18). The van der Waals surface area contributed by atoms with Gasteiger partial charge in [-0.2, -0.15) is 0 Å². The summed E-state index contributed by atoms with van der Waals surface area (Å²) in [4.78, 5) is 14.1. The van der Waals surface area contributed by atoms with Gasteiger partial charge in [0.25, 0.3) is 0 Å². The van der Waals surface area contributed by atoms with Crippen molar-refractivity contribution in [3.05, 3.63) is 35.9 Å². The molecular weight excluding hydrogens is 224 g/mol. The van der Waals surface area contributed by atoms with Gasteiger partial charge >= 0.3 is 6.03 Å². The quantitative estimate of drug-likeness (QED) is 0.871. The zero-order valence-corrected chi connectivity index (χ0v) is 11.1. The fourth-order valence-corrected chi connectivity index (χ4v) is 2.44. The van der Waals surface area contributed by atoms with Crippen molar-refractivity contribution in [2.75, 3.05) is 13.1 Å². The van der Waals surface area contributed by atoms with Crippen molar-refractivity contribution in [2.24, 2.45) is 0 Å². The molecule has 2 amide bonds. The molecule has 0 bridgehead atoms. The second kappa shape index (κ2) is 6.43. The topological polar surface area (TPSA) is 32.3 Å². The molecule has 3 nitrogen and oxygen atoms in total. The molecular formula is C15H22N2O. The lowest BCUT2D eigenvalue weighted by Crippen LogP contribution is -2.44. The Hall–Kier alpha value is -1.51. The van der Waals surface area contributed by atoms with Crippen molar-refractivity contribution in [3.8, 4) is 0 Å². The van der Waals surface area contributed by atoms with E-state index < -0.39 is 0 Å². The van der Waals surface area contributed by atoms with Crippen LogP contribution in [0, 0.1) is 0 Å². The van der Waals surface area contributed by atoms with E-state index in [1.165, 1.54) is 12.0 Å². The summed E-state index contributed by atoms with van der Waals surface area (Å²) < 4.78 is 0. The molecule has 3 heteroatoms. The first-order valence-corrected chi connectivity index (χ1v) is 6.91. The number of urea groups is 1. The number of benzene rings is 1. The number of carbonyl (C=O) groups is 1. The van der Waals surface area contributed by atoms with Gasteiger partial charge in [0.2, 0.25) is 0 Å². The van der Waals surface area contributed by atoms with Gasteiger partial charge in [-0.3, -0.25) is 0 Å². The van der Waals surface area contributed by atoms with Gasteiger partial charge < -0.3 is 10.2 Å². The summed E-state index contributed by atoms with van der Waals surface area (Å²) in [6, 6.07) is 10.4. The number of hydrogen-bond donors (Lipinski definition) is 1. The molecule has 0 saturated carbocycles. The van der Waals surface area contributed by atoms with Crippen LogP contribution in [-0.2, 0) is 0 Å². The molecule has 1 aromatic rings. The molecule has 1 aliphatic rings. The highest BCUT2D eigenvalue weighted by Gasteiger charge is 2.19. The third kappa shape index (κ3) is 3.25. The number of rotatable bonds is 3. The van der Waals surface area contributed by atoms with E-state index in [2.05, 4.69) is 24.4 Å². The summed E-state index contributed by atoms with van der Waals surface area (Å²) in [6.07, 6.45) is 4.44. The van der Waals surface area contributed by atoms with Crippen molar-refractivity contribution in [1.29, 1.82) is 0 Å². The zero-order valence-electron chi connectivity index (χ0n) is 11.1. The maximum absolute atomic E-state index is 12.2. The van der Waals surface area contributed by atoms with Crippen LogP contribution in [0.1, 0.15) is 44.2 Å². The third-order valence-corrected chi connectivity index (χ3v) is 3.55. The van der Waals surface area contributed by atoms with E-state index in [1.54, 1.807) is 0 Å². The maximum atomic E-state index is 12.2. The Kier molecular flexibility index (Phi) is 4.62. The summed E-state index contributed by atoms with van der Waals surface area (Å²) in [5.74, 6) is 0. The Balaban J connectivity index is 1.95. The fourth-order valence-electron chi connectivity index (χ4n) is 2.44. The monoisotopic (exact) mass is 246 g/mol. The Morgan fingerprint density at radius 1 is 1.22 bits per heavy atom. The van der Waals surface area contributed by atoms with Crippen LogP contribution in [0.3, 0.4) is 0 Å². The molecule has 2 rings (SSSR count). The van der Waals surface area contributed by atoms with Crippen molar-refractivity contribution in [3.63, 3.8) is 0 Å². The zero-order chi connectivity index (χ0) is 12.8. The molecule has 0 radical (unpaired) electrons. The number of amides is 2. The molecule has 1 heterocycles. The minimum Gasteiger partial charge on any atom is -0.331 e. The molecule has 0 aliphatic carbocycles. The van der Waals surface area contributed by atoms with Crippen LogP contribution >= 0.6 is 0 Å². The van der Waals surface area contributed by atoms with Crippen molar-refractivity contribution in [1.82, 2.24) is 10.2 Å². The number of nitrogens with zero attached hydrogens (tertiary/aromatic N) is 1. The average molecular weight is 246 g/mol. The first-order valence-electron chi connectivity index (χ1n) is 6.91. The van der Waals surface area contributed by atoms with Crippen LogP contribution in [0.2, 0.25) is 0 Å². The number of nitrogens with one attached hydrogen (secondary N) is 1. The number of hydrogen-bond acceptors (Lipinski definition) is 1. The lowest BCUT2D eigenvalue weighted by molar-refractivity contribution is 0.182. The van der Waals surface area contributed by atoms with Crippen LogP contribution in [0.5, 0.6) is 0 Å². The Morgan fingerprint density at radius 3 is 2.50 bits per heavy atom. The van der Waals surface area contributed by atoms with E-state index in [0.717, 1.165) is 32.4 Å². The molecule has 18 heavy (non-hydrogen) atoms. The van der Waals surface area contributed by atoms with E-state index in [1.807, 2.05) is 23.1 Å². The first kappa shape index (κ1) is 12.9. The first-order chi connectivity index (χ1) is 8.81. The Bertz CT molecular complexity index is 371. The highest BCUT2D eigenvalue weighted by atomic mass is 16.2. The van der Waals surface area contributed by atoms with E-state index in [4.69, 9.17) is 0 Å². The molecule has 0 spiro atoms. The van der Waals surface area contributed by atoms with Gasteiger partial charge in [-0.15, -0.1) is 0 Å². The summed E-state index contributed by atoms with van der Waals surface area (Å²) in [6.45, 7) is 3.91. The highest BCUT2D eigenvalue weighted by molar-refractivity contribution is 5.74. The fraction of sp³-hybridized carbons (Fsp3) is 0.533. The predicted octanol–water partition coefficient (Wildman–Crippen LogP) is 3.33. The lowest BCUT2D eigenvalue weighted by atomic mass is 10.0. The second-order valence-electron chi connectivity index (χ2n) is 4.87. The SMILES string of the molecule is CCC(NC(=O)N1CCCCC1)c1ccccc1. The van der Waals surface area contributed by atoms with Crippen LogP contribution in [0.4, 0.5) is 4.79 Å². The molecule has 1 N–H and O–H groups in total. The van der Waals surface area contributed by atoms with Crippen molar-refractivity contribution < 1.29 is 4.79 Å². The Labute approximate surface area is 109 Å². The maximum Gasteiger partial charge on any atom is 0.317 e. The van der Waals surface area contributed by atoms with Gasteiger partial charge in [0.1, 0.15) is 0 Å². The molecule has 1 unspecified atom stereocenters. The number of carbonyl (C=O) groups excluding carboxylic acids is 1. The molecule has 1 saturated heterocycles. The largest absolute Gasteiger partial charge is 0.331 e.